The Morgan fingerprint density at radius 1 is 0.875 bits per heavy atom. The van der Waals surface area contributed by atoms with E-state index in [1.165, 1.54) is 0 Å². The van der Waals surface area contributed by atoms with Crippen LogP contribution in [0.15, 0.2) is 48.5 Å². The molecule has 1 N–H and O–H groups in total. The van der Waals surface area contributed by atoms with Crippen LogP contribution in [0.4, 0.5) is 5.69 Å². The molecule has 0 aliphatic heterocycles. The van der Waals surface area contributed by atoms with Crippen molar-refractivity contribution in [2.45, 2.75) is 0 Å². The molecule has 0 saturated heterocycles. The molecule has 0 fully saturated rings. The van der Waals surface area contributed by atoms with Gasteiger partial charge in [0, 0.05) is 25.3 Å². The summed E-state index contributed by atoms with van der Waals surface area (Å²) in [5.74, 6) is 0.317. The van der Waals surface area contributed by atoms with Gasteiger partial charge in [-0.3, -0.25) is 0 Å². The number of phenols is 1. The number of rotatable bonds is 2. The molecule has 2 heteroatoms. The first-order valence-corrected chi connectivity index (χ1v) is 5.25. The van der Waals surface area contributed by atoms with E-state index in [9.17, 15) is 5.11 Å². The average Bonchev–Trinajstić information content (AvgIpc) is 2.29. The summed E-state index contributed by atoms with van der Waals surface area (Å²) < 4.78 is 0. The summed E-state index contributed by atoms with van der Waals surface area (Å²) >= 11 is 0. The molecule has 0 atom stereocenters. The van der Waals surface area contributed by atoms with E-state index in [1.807, 2.05) is 61.5 Å². The second-order valence-corrected chi connectivity index (χ2v) is 3.93. The Balaban J connectivity index is 2.64. The fraction of sp³-hybridized carbons (Fsp3) is 0.143. The fourth-order valence-electron chi connectivity index (χ4n) is 1.80. The Bertz CT molecular complexity index is 477. The van der Waals surface area contributed by atoms with Gasteiger partial charge in [0.15, 0.2) is 0 Å². The first kappa shape index (κ1) is 10.6. The van der Waals surface area contributed by atoms with Crippen LogP contribution in [0.1, 0.15) is 0 Å². The smallest absolute Gasteiger partial charge is 0.125 e. The molecule has 0 spiro atoms. The molecule has 2 aromatic rings. The highest BCUT2D eigenvalue weighted by molar-refractivity contribution is 5.83. The highest BCUT2D eigenvalue weighted by Crippen LogP contribution is 2.36. The second-order valence-electron chi connectivity index (χ2n) is 3.93. The SMILES string of the molecule is CN(C)c1cccc(O)c1-c1ccccc1. The number of hydrogen-bond acceptors (Lipinski definition) is 2. The highest BCUT2D eigenvalue weighted by Gasteiger charge is 2.10. The van der Waals surface area contributed by atoms with Crippen molar-refractivity contribution in [2.75, 3.05) is 19.0 Å². The van der Waals surface area contributed by atoms with E-state index in [0.29, 0.717) is 5.75 Å². The normalized spacial score (nSPS) is 10.1. The maximum absolute atomic E-state index is 9.97. The molecular formula is C14H15NO. The lowest BCUT2D eigenvalue weighted by atomic mass is 10.0. The zero-order valence-electron chi connectivity index (χ0n) is 9.51. The van der Waals surface area contributed by atoms with E-state index >= 15 is 0 Å². The van der Waals surface area contributed by atoms with Crippen LogP contribution in [-0.2, 0) is 0 Å². The van der Waals surface area contributed by atoms with E-state index in [1.54, 1.807) is 6.07 Å². The van der Waals surface area contributed by atoms with Crippen molar-refractivity contribution in [2.24, 2.45) is 0 Å². The van der Waals surface area contributed by atoms with E-state index in [2.05, 4.69) is 0 Å². The van der Waals surface area contributed by atoms with Gasteiger partial charge >= 0.3 is 0 Å². The van der Waals surface area contributed by atoms with Crippen molar-refractivity contribution in [3.05, 3.63) is 48.5 Å². The molecule has 2 aromatic carbocycles. The largest absolute Gasteiger partial charge is 0.507 e. The maximum atomic E-state index is 9.97. The topological polar surface area (TPSA) is 23.5 Å². The van der Waals surface area contributed by atoms with Crippen molar-refractivity contribution in [3.8, 4) is 16.9 Å². The quantitative estimate of drug-likeness (QED) is 0.828. The van der Waals surface area contributed by atoms with Gasteiger partial charge in [-0.25, -0.2) is 0 Å². The van der Waals surface area contributed by atoms with Gasteiger partial charge in [-0.1, -0.05) is 36.4 Å². The van der Waals surface area contributed by atoms with Crippen LogP contribution >= 0.6 is 0 Å². The molecule has 0 aliphatic carbocycles. The number of anilines is 1. The lowest BCUT2D eigenvalue weighted by molar-refractivity contribution is 0.477. The summed E-state index contributed by atoms with van der Waals surface area (Å²) in [6.07, 6.45) is 0. The van der Waals surface area contributed by atoms with Crippen LogP contribution in [0.5, 0.6) is 5.75 Å². The minimum Gasteiger partial charge on any atom is -0.507 e. The van der Waals surface area contributed by atoms with Crippen LogP contribution < -0.4 is 4.90 Å². The second kappa shape index (κ2) is 4.27. The van der Waals surface area contributed by atoms with E-state index in [-0.39, 0.29) is 0 Å². The van der Waals surface area contributed by atoms with Crippen molar-refractivity contribution < 1.29 is 5.11 Å². The first-order valence-electron chi connectivity index (χ1n) is 5.25. The molecule has 0 unspecified atom stereocenters. The van der Waals surface area contributed by atoms with Crippen molar-refractivity contribution in [1.29, 1.82) is 0 Å². The first-order chi connectivity index (χ1) is 7.70. The molecule has 0 aliphatic rings. The Kier molecular flexibility index (Phi) is 2.82. The summed E-state index contributed by atoms with van der Waals surface area (Å²) in [5, 5.41) is 9.97. The van der Waals surface area contributed by atoms with Gasteiger partial charge in [0.25, 0.3) is 0 Å². The van der Waals surface area contributed by atoms with E-state index in [4.69, 9.17) is 0 Å². The number of nitrogens with zero attached hydrogens (tertiary/aromatic N) is 1. The number of benzene rings is 2. The average molecular weight is 213 g/mol. The van der Waals surface area contributed by atoms with Crippen LogP contribution in [0.2, 0.25) is 0 Å². The predicted molar refractivity (Wildman–Crippen MR) is 67.9 cm³/mol. The lowest BCUT2D eigenvalue weighted by Gasteiger charge is -2.18. The fourth-order valence-corrected chi connectivity index (χ4v) is 1.80. The molecule has 16 heavy (non-hydrogen) atoms. The summed E-state index contributed by atoms with van der Waals surface area (Å²) in [7, 11) is 3.95. The monoisotopic (exact) mass is 213 g/mol. The molecule has 2 nitrogen and oxygen atoms in total. The number of phenolic OH excluding ortho intramolecular Hbond substituents is 1. The van der Waals surface area contributed by atoms with Gasteiger partial charge in [0.2, 0.25) is 0 Å². The third-order valence-corrected chi connectivity index (χ3v) is 2.56. The van der Waals surface area contributed by atoms with E-state index < -0.39 is 0 Å². The summed E-state index contributed by atoms with van der Waals surface area (Å²) in [4.78, 5) is 2.00. The Morgan fingerprint density at radius 2 is 1.56 bits per heavy atom. The Hall–Kier alpha value is -1.96. The Labute approximate surface area is 95.8 Å². The van der Waals surface area contributed by atoms with Crippen LogP contribution in [0, 0.1) is 0 Å². The summed E-state index contributed by atoms with van der Waals surface area (Å²) in [6, 6.07) is 15.5. The Morgan fingerprint density at radius 3 is 2.19 bits per heavy atom. The molecule has 0 aromatic heterocycles. The van der Waals surface area contributed by atoms with Crippen LogP contribution in [0.25, 0.3) is 11.1 Å². The van der Waals surface area contributed by atoms with Crippen LogP contribution in [-0.4, -0.2) is 19.2 Å². The van der Waals surface area contributed by atoms with Crippen LogP contribution in [0.3, 0.4) is 0 Å². The van der Waals surface area contributed by atoms with Gasteiger partial charge in [-0.2, -0.15) is 0 Å². The standard InChI is InChI=1S/C14H15NO/c1-15(2)12-9-6-10-13(16)14(12)11-7-4-3-5-8-11/h3-10,16H,1-2H3. The molecule has 0 radical (unpaired) electrons. The molecule has 2 rings (SSSR count). The molecule has 0 bridgehead atoms. The van der Waals surface area contributed by atoms with Gasteiger partial charge < -0.3 is 10.0 Å². The van der Waals surface area contributed by atoms with Crippen molar-refractivity contribution >= 4 is 5.69 Å². The maximum Gasteiger partial charge on any atom is 0.125 e. The van der Waals surface area contributed by atoms with Crippen molar-refractivity contribution in [1.82, 2.24) is 0 Å². The molecule has 0 heterocycles. The van der Waals surface area contributed by atoms with E-state index in [0.717, 1.165) is 16.8 Å². The zero-order valence-corrected chi connectivity index (χ0v) is 9.51. The van der Waals surface area contributed by atoms with Gasteiger partial charge in [-0.05, 0) is 17.7 Å². The van der Waals surface area contributed by atoms with Gasteiger partial charge in [0.1, 0.15) is 5.75 Å². The minimum atomic E-state index is 0.317. The molecule has 82 valence electrons. The summed E-state index contributed by atoms with van der Waals surface area (Å²) in [6.45, 7) is 0. The van der Waals surface area contributed by atoms with Gasteiger partial charge in [-0.15, -0.1) is 0 Å². The number of hydrogen-bond donors (Lipinski definition) is 1. The predicted octanol–water partition coefficient (Wildman–Crippen LogP) is 3.13. The van der Waals surface area contributed by atoms with Gasteiger partial charge in [0.05, 0.1) is 0 Å². The van der Waals surface area contributed by atoms with Crippen molar-refractivity contribution in [3.63, 3.8) is 0 Å². The minimum absolute atomic E-state index is 0.317. The molecule has 0 amide bonds. The highest BCUT2D eigenvalue weighted by atomic mass is 16.3. The third kappa shape index (κ3) is 1.87. The number of aromatic hydroxyl groups is 1. The molecular weight excluding hydrogens is 198 g/mol. The third-order valence-electron chi connectivity index (χ3n) is 2.56. The molecule has 0 saturated carbocycles. The summed E-state index contributed by atoms with van der Waals surface area (Å²) in [5.41, 5.74) is 2.93. The lowest BCUT2D eigenvalue weighted by Crippen LogP contribution is -2.09. The zero-order chi connectivity index (χ0) is 11.5.